The lowest BCUT2D eigenvalue weighted by molar-refractivity contribution is -0.137. The van der Waals surface area contributed by atoms with E-state index in [9.17, 15) is 36.4 Å². The second-order valence-electron chi connectivity index (χ2n) is 13.4. The van der Waals surface area contributed by atoms with Crippen molar-refractivity contribution in [1.29, 1.82) is 5.26 Å². The number of pyridine rings is 1. The number of amides is 1. The van der Waals surface area contributed by atoms with Crippen LogP contribution >= 0.6 is 0 Å². The van der Waals surface area contributed by atoms with Gasteiger partial charge in [-0.05, 0) is 69.9 Å². The zero-order valence-corrected chi connectivity index (χ0v) is 29.4. The van der Waals surface area contributed by atoms with Gasteiger partial charge in [0.05, 0.1) is 16.1 Å². The van der Waals surface area contributed by atoms with Crippen molar-refractivity contribution in [2.24, 2.45) is 0 Å². The van der Waals surface area contributed by atoms with Crippen LogP contribution in [0.5, 0.6) is 0 Å². The van der Waals surface area contributed by atoms with Crippen LogP contribution in [0.2, 0.25) is 0 Å². The van der Waals surface area contributed by atoms with Crippen molar-refractivity contribution in [2.75, 3.05) is 18.4 Å². The van der Waals surface area contributed by atoms with Gasteiger partial charge in [-0.1, -0.05) is 30.3 Å². The number of carbonyl (C=O) groups is 1. The quantitative estimate of drug-likeness (QED) is 0.193. The molecule has 12 nitrogen and oxygen atoms in total. The number of nitriles is 1. The average Bonchev–Trinajstić information content (AvgIpc) is 3.47. The maximum absolute atomic E-state index is 14.6. The summed E-state index contributed by atoms with van der Waals surface area (Å²) in [4.78, 5) is 37.2. The fraction of sp³-hybridized carbons (Fsp3) is 0.306. The second-order valence-corrected chi connectivity index (χ2v) is 15.2. The molecule has 2 aromatic carbocycles. The minimum Gasteiger partial charge on any atom is -0.444 e. The third-order valence-corrected chi connectivity index (χ3v) is 10.3. The molecule has 270 valence electrons. The van der Waals surface area contributed by atoms with Crippen molar-refractivity contribution in [2.45, 2.75) is 63.3 Å². The van der Waals surface area contributed by atoms with Gasteiger partial charge in [-0.15, -0.1) is 0 Å². The van der Waals surface area contributed by atoms with E-state index in [-0.39, 0.29) is 39.4 Å². The summed E-state index contributed by atoms with van der Waals surface area (Å²) >= 11 is 0. The molecule has 1 aliphatic rings. The molecule has 1 atom stereocenters. The Hall–Kier alpha value is -5.69. The molecular formula is C36H34F3N7O5S. The highest BCUT2D eigenvalue weighted by Gasteiger charge is 2.37. The number of nitrogens with one attached hydrogen (secondary N) is 2. The summed E-state index contributed by atoms with van der Waals surface area (Å²) in [7, 11) is -4.37. The summed E-state index contributed by atoms with van der Waals surface area (Å²) in [6, 6.07) is 13.4. The van der Waals surface area contributed by atoms with Crippen LogP contribution in [0.3, 0.4) is 0 Å². The number of hydrogen-bond acceptors (Lipinski definition) is 9. The number of likely N-dealkylation sites (tertiary alicyclic amines) is 1. The molecule has 0 radical (unpaired) electrons. The Labute approximate surface area is 296 Å². The molecule has 0 aliphatic carbocycles. The van der Waals surface area contributed by atoms with Gasteiger partial charge in [0.1, 0.15) is 22.8 Å². The topological polar surface area (TPSA) is 163 Å². The molecule has 0 bridgehead atoms. The van der Waals surface area contributed by atoms with Crippen LogP contribution in [0.15, 0.2) is 76.8 Å². The van der Waals surface area contributed by atoms with Gasteiger partial charge in [-0.3, -0.25) is 4.79 Å². The Balaban J connectivity index is 1.50. The van der Waals surface area contributed by atoms with Crippen LogP contribution in [0.4, 0.5) is 23.9 Å². The van der Waals surface area contributed by atoms with Crippen molar-refractivity contribution in [3.63, 3.8) is 0 Å². The number of fused-ring (bicyclic) bond motifs is 1. The summed E-state index contributed by atoms with van der Waals surface area (Å²) in [5.74, 6) is -0.143. The van der Waals surface area contributed by atoms with Gasteiger partial charge in [-0.25, -0.2) is 27.2 Å². The van der Waals surface area contributed by atoms with Gasteiger partial charge in [-0.2, -0.15) is 18.4 Å². The number of aromatic amines is 1. The predicted molar refractivity (Wildman–Crippen MR) is 187 cm³/mol. The van der Waals surface area contributed by atoms with Crippen LogP contribution in [0.1, 0.15) is 50.3 Å². The first kappa shape index (κ1) is 36.1. The van der Waals surface area contributed by atoms with Gasteiger partial charge in [0.15, 0.2) is 0 Å². The molecule has 52 heavy (non-hydrogen) atoms. The lowest BCUT2D eigenvalue weighted by Gasteiger charge is -2.34. The number of alkyl halides is 3. The van der Waals surface area contributed by atoms with Crippen LogP contribution in [0.25, 0.3) is 33.3 Å². The monoisotopic (exact) mass is 733 g/mol. The Morgan fingerprint density at radius 2 is 1.85 bits per heavy atom. The third-order valence-electron chi connectivity index (χ3n) is 8.60. The largest absolute Gasteiger partial charge is 0.444 e. The van der Waals surface area contributed by atoms with Gasteiger partial charge in [0.2, 0.25) is 5.95 Å². The molecule has 5 aromatic rings. The number of H-pyrrole nitrogens is 1. The summed E-state index contributed by atoms with van der Waals surface area (Å²) in [6.45, 7) is 7.47. The van der Waals surface area contributed by atoms with Crippen LogP contribution in [0, 0.1) is 18.3 Å². The minimum absolute atomic E-state index is 0.0296. The molecule has 1 amide bonds. The van der Waals surface area contributed by atoms with Crippen molar-refractivity contribution < 1.29 is 31.1 Å². The fourth-order valence-electron chi connectivity index (χ4n) is 6.15. The SMILES string of the molecule is Cc1c(-c2ccc3c(-c4nc(N[C@H]5CCCN(C(=O)OC(C)(C)C)C5)ncc4C(F)(F)F)cn(S(=O)(=O)c4ccccc4)c3c2)c[nH]c(=O)c1C#N. The smallest absolute Gasteiger partial charge is 0.419 e. The van der Waals surface area contributed by atoms with E-state index in [1.807, 2.05) is 6.07 Å². The fourth-order valence-corrected chi connectivity index (χ4v) is 7.53. The highest BCUT2D eigenvalue weighted by molar-refractivity contribution is 7.90. The molecule has 0 unspecified atom stereocenters. The first-order valence-electron chi connectivity index (χ1n) is 16.3. The van der Waals surface area contributed by atoms with E-state index >= 15 is 0 Å². The minimum atomic E-state index is -4.92. The number of hydrogen-bond donors (Lipinski definition) is 2. The molecule has 0 saturated carbocycles. The number of piperidine rings is 1. The number of carbonyl (C=O) groups excluding carboxylic acids is 1. The number of nitrogens with zero attached hydrogens (tertiary/aromatic N) is 5. The molecule has 6 rings (SSSR count). The van der Waals surface area contributed by atoms with Gasteiger partial charge < -0.3 is 19.9 Å². The summed E-state index contributed by atoms with van der Waals surface area (Å²) in [6.07, 6.45) is -1.12. The van der Waals surface area contributed by atoms with Crippen LogP contribution < -0.4 is 10.9 Å². The van der Waals surface area contributed by atoms with E-state index in [4.69, 9.17) is 4.74 Å². The predicted octanol–water partition coefficient (Wildman–Crippen LogP) is 6.70. The summed E-state index contributed by atoms with van der Waals surface area (Å²) in [5.41, 5.74) is -2.13. The standard InChI is InChI=1S/C36H34F3N7O5S/c1-21-26(16-40)32(47)41-17-27(21)22-12-13-25-28(20-46(30(25)15-22)52(49,50)24-10-6-5-7-11-24)31-29(36(37,38)39)18-42-33(44-31)43-23-9-8-14-45(19-23)34(48)51-35(2,3)4/h5-7,10-13,15,17-18,20,23H,8-9,14,19H2,1-4H3,(H,41,47)(H,42,43,44)/t23-/m0/s1. The number of halogens is 3. The number of benzene rings is 2. The molecule has 0 spiro atoms. The van der Waals surface area contributed by atoms with Gasteiger partial charge in [0, 0.05) is 54.2 Å². The van der Waals surface area contributed by atoms with Crippen molar-refractivity contribution in [3.8, 4) is 28.5 Å². The van der Waals surface area contributed by atoms with Crippen LogP contribution in [-0.2, 0) is 20.9 Å². The Bertz CT molecular complexity index is 2400. The van der Waals surface area contributed by atoms with E-state index in [0.717, 1.165) is 10.2 Å². The Morgan fingerprint density at radius 1 is 1.12 bits per heavy atom. The molecule has 1 fully saturated rings. The van der Waals surface area contributed by atoms with E-state index in [2.05, 4.69) is 20.3 Å². The number of anilines is 1. The highest BCUT2D eigenvalue weighted by atomic mass is 32.2. The maximum Gasteiger partial charge on any atom is 0.419 e. The van der Waals surface area contributed by atoms with Gasteiger partial charge in [0.25, 0.3) is 15.6 Å². The third kappa shape index (κ3) is 7.09. The van der Waals surface area contributed by atoms with Crippen molar-refractivity contribution in [3.05, 3.63) is 94.2 Å². The van der Waals surface area contributed by atoms with E-state index < -0.39 is 50.8 Å². The molecule has 3 aromatic heterocycles. The number of aromatic nitrogens is 4. The Kier molecular flexibility index (Phi) is 9.34. The lowest BCUT2D eigenvalue weighted by Crippen LogP contribution is -2.47. The molecule has 2 N–H and O–H groups in total. The van der Waals surface area contributed by atoms with E-state index in [1.54, 1.807) is 39.8 Å². The number of ether oxygens (including phenoxy) is 1. The van der Waals surface area contributed by atoms with Crippen LogP contribution in [-0.4, -0.2) is 63.1 Å². The zero-order chi connectivity index (χ0) is 37.6. The molecule has 4 heterocycles. The van der Waals surface area contributed by atoms with Crippen molar-refractivity contribution in [1.82, 2.24) is 23.8 Å². The average molecular weight is 734 g/mol. The number of rotatable bonds is 6. The highest BCUT2D eigenvalue weighted by Crippen LogP contribution is 2.41. The van der Waals surface area contributed by atoms with E-state index in [0.29, 0.717) is 42.3 Å². The van der Waals surface area contributed by atoms with Crippen molar-refractivity contribution >= 4 is 33.0 Å². The zero-order valence-electron chi connectivity index (χ0n) is 28.6. The van der Waals surface area contributed by atoms with Gasteiger partial charge >= 0.3 is 12.3 Å². The molecule has 1 saturated heterocycles. The second kappa shape index (κ2) is 13.5. The Morgan fingerprint density at radius 3 is 2.52 bits per heavy atom. The van der Waals surface area contributed by atoms with E-state index in [1.165, 1.54) is 47.5 Å². The lowest BCUT2D eigenvalue weighted by atomic mass is 9.97. The maximum atomic E-state index is 14.6. The normalized spacial score (nSPS) is 15.3. The summed E-state index contributed by atoms with van der Waals surface area (Å²) < 4.78 is 78.4. The molecular weight excluding hydrogens is 700 g/mol. The first-order chi connectivity index (χ1) is 24.5. The first-order valence-corrected chi connectivity index (χ1v) is 17.7. The summed E-state index contributed by atoms with van der Waals surface area (Å²) in [5, 5.41) is 12.8. The molecule has 1 aliphatic heterocycles. The molecule has 16 heteroatoms.